The normalized spacial score (nSPS) is 12.0. The first-order valence-electron chi connectivity index (χ1n) is 4.71. The molecule has 88 valence electrons. The molecule has 0 bridgehead atoms. The summed E-state index contributed by atoms with van der Waals surface area (Å²) in [6.07, 6.45) is -0.746. The standard InChI is InChI=1S/C11H13FO4/c1-7(13)8-3-4-10(9(12)5-8)16-6-11(14)15-2/h3-5,7,13H,6H2,1-2H3/t7-/m0/s1. The van der Waals surface area contributed by atoms with Crippen molar-refractivity contribution in [3.05, 3.63) is 29.6 Å². The van der Waals surface area contributed by atoms with Crippen molar-refractivity contribution in [1.29, 1.82) is 0 Å². The first kappa shape index (κ1) is 12.4. The summed E-state index contributed by atoms with van der Waals surface area (Å²) >= 11 is 0. The lowest BCUT2D eigenvalue weighted by Gasteiger charge is -2.09. The van der Waals surface area contributed by atoms with E-state index in [9.17, 15) is 14.3 Å². The van der Waals surface area contributed by atoms with Crippen LogP contribution in [-0.2, 0) is 9.53 Å². The molecule has 0 heterocycles. The lowest BCUT2D eigenvalue weighted by atomic mass is 10.1. The van der Waals surface area contributed by atoms with Gasteiger partial charge in [-0.2, -0.15) is 0 Å². The Labute approximate surface area is 92.6 Å². The van der Waals surface area contributed by atoms with Gasteiger partial charge in [-0.3, -0.25) is 0 Å². The highest BCUT2D eigenvalue weighted by Gasteiger charge is 2.09. The molecule has 4 nitrogen and oxygen atoms in total. The van der Waals surface area contributed by atoms with Gasteiger partial charge in [-0.05, 0) is 24.6 Å². The molecule has 0 aromatic heterocycles. The third-order valence-corrected chi connectivity index (χ3v) is 2.01. The Morgan fingerprint density at radius 1 is 1.56 bits per heavy atom. The fourth-order valence-corrected chi connectivity index (χ4v) is 1.09. The smallest absolute Gasteiger partial charge is 0.343 e. The molecule has 0 aliphatic heterocycles. The van der Waals surface area contributed by atoms with Gasteiger partial charge in [-0.25, -0.2) is 9.18 Å². The van der Waals surface area contributed by atoms with E-state index < -0.39 is 17.9 Å². The Hall–Kier alpha value is -1.62. The quantitative estimate of drug-likeness (QED) is 0.792. The second-order valence-electron chi connectivity index (χ2n) is 3.23. The molecule has 1 aromatic carbocycles. The average Bonchev–Trinajstić information content (AvgIpc) is 2.26. The number of halogens is 1. The molecule has 0 saturated carbocycles. The van der Waals surface area contributed by atoms with Crippen molar-refractivity contribution in [2.75, 3.05) is 13.7 Å². The van der Waals surface area contributed by atoms with Gasteiger partial charge in [0, 0.05) is 0 Å². The first-order chi connectivity index (χ1) is 7.54. The number of aliphatic hydroxyl groups is 1. The summed E-state index contributed by atoms with van der Waals surface area (Å²) in [5.41, 5.74) is 0.447. The maximum Gasteiger partial charge on any atom is 0.343 e. The summed E-state index contributed by atoms with van der Waals surface area (Å²) in [6, 6.07) is 4.05. The van der Waals surface area contributed by atoms with Crippen LogP contribution in [0.1, 0.15) is 18.6 Å². The van der Waals surface area contributed by atoms with E-state index >= 15 is 0 Å². The second kappa shape index (κ2) is 5.46. The van der Waals surface area contributed by atoms with Gasteiger partial charge in [0.25, 0.3) is 0 Å². The lowest BCUT2D eigenvalue weighted by Crippen LogP contribution is -2.13. The van der Waals surface area contributed by atoms with E-state index in [-0.39, 0.29) is 12.4 Å². The van der Waals surface area contributed by atoms with Crippen LogP contribution in [-0.4, -0.2) is 24.8 Å². The van der Waals surface area contributed by atoms with Gasteiger partial charge in [0.1, 0.15) is 0 Å². The van der Waals surface area contributed by atoms with E-state index in [4.69, 9.17) is 4.74 Å². The highest BCUT2D eigenvalue weighted by Crippen LogP contribution is 2.21. The zero-order chi connectivity index (χ0) is 12.1. The van der Waals surface area contributed by atoms with Crippen LogP contribution in [0.3, 0.4) is 0 Å². The van der Waals surface area contributed by atoms with Crippen LogP contribution in [0.25, 0.3) is 0 Å². The molecular weight excluding hydrogens is 215 g/mol. The van der Waals surface area contributed by atoms with E-state index in [2.05, 4.69) is 4.74 Å². The van der Waals surface area contributed by atoms with Crippen molar-refractivity contribution in [3.63, 3.8) is 0 Å². The lowest BCUT2D eigenvalue weighted by molar-refractivity contribution is -0.142. The second-order valence-corrected chi connectivity index (χ2v) is 3.23. The number of carbonyl (C=O) groups excluding carboxylic acids is 1. The van der Waals surface area contributed by atoms with Crippen LogP contribution >= 0.6 is 0 Å². The zero-order valence-electron chi connectivity index (χ0n) is 9.07. The van der Waals surface area contributed by atoms with Gasteiger partial charge >= 0.3 is 5.97 Å². The number of rotatable bonds is 4. The Morgan fingerprint density at radius 2 is 2.25 bits per heavy atom. The summed E-state index contributed by atoms with van der Waals surface area (Å²) in [6.45, 7) is 1.19. The molecule has 0 radical (unpaired) electrons. The predicted molar refractivity (Wildman–Crippen MR) is 54.5 cm³/mol. The molecule has 16 heavy (non-hydrogen) atoms. The van der Waals surface area contributed by atoms with E-state index in [0.717, 1.165) is 6.07 Å². The first-order valence-corrected chi connectivity index (χ1v) is 4.71. The van der Waals surface area contributed by atoms with Crippen LogP contribution in [0.2, 0.25) is 0 Å². The Bertz CT molecular complexity index is 376. The zero-order valence-corrected chi connectivity index (χ0v) is 9.07. The number of carbonyl (C=O) groups is 1. The van der Waals surface area contributed by atoms with Crippen molar-refractivity contribution in [2.24, 2.45) is 0 Å². The van der Waals surface area contributed by atoms with Crippen molar-refractivity contribution in [1.82, 2.24) is 0 Å². The fourth-order valence-electron chi connectivity index (χ4n) is 1.09. The minimum atomic E-state index is -0.746. The van der Waals surface area contributed by atoms with Crippen molar-refractivity contribution in [3.8, 4) is 5.75 Å². The summed E-state index contributed by atoms with van der Waals surface area (Å²) in [4.78, 5) is 10.8. The van der Waals surface area contributed by atoms with E-state index in [0.29, 0.717) is 5.56 Å². The molecule has 0 fully saturated rings. The number of esters is 1. The highest BCUT2D eigenvalue weighted by atomic mass is 19.1. The molecule has 0 aliphatic rings. The highest BCUT2D eigenvalue weighted by molar-refractivity contribution is 5.70. The van der Waals surface area contributed by atoms with Crippen LogP contribution in [0.4, 0.5) is 4.39 Å². The topological polar surface area (TPSA) is 55.8 Å². The van der Waals surface area contributed by atoms with Gasteiger partial charge in [0.2, 0.25) is 0 Å². The van der Waals surface area contributed by atoms with E-state index in [1.807, 2.05) is 0 Å². The van der Waals surface area contributed by atoms with E-state index in [1.165, 1.54) is 26.2 Å². The van der Waals surface area contributed by atoms with Gasteiger partial charge in [0.15, 0.2) is 18.2 Å². The monoisotopic (exact) mass is 228 g/mol. The molecule has 1 atom stereocenters. The van der Waals surface area contributed by atoms with Crippen molar-refractivity contribution < 1.29 is 23.8 Å². The number of hydrogen-bond acceptors (Lipinski definition) is 4. The van der Waals surface area contributed by atoms with Crippen molar-refractivity contribution in [2.45, 2.75) is 13.0 Å². The Kier molecular flexibility index (Phi) is 4.25. The summed E-state index contributed by atoms with van der Waals surface area (Å²) in [7, 11) is 1.22. The van der Waals surface area contributed by atoms with Gasteiger partial charge in [0.05, 0.1) is 13.2 Å². The summed E-state index contributed by atoms with van der Waals surface area (Å²) < 4.78 is 22.6. The van der Waals surface area contributed by atoms with Gasteiger partial charge < -0.3 is 14.6 Å². The third-order valence-electron chi connectivity index (χ3n) is 2.01. The van der Waals surface area contributed by atoms with E-state index in [1.54, 1.807) is 0 Å². The number of benzene rings is 1. The maximum absolute atomic E-state index is 13.4. The van der Waals surface area contributed by atoms with Crippen LogP contribution in [0.5, 0.6) is 5.75 Å². The molecule has 0 spiro atoms. The molecule has 1 aromatic rings. The third kappa shape index (κ3) is 3.20. The minimum absolute atomic E-state index is 0.0465. The fraction of sp³-hybridized carbons (Fsp3) is 0.364. The number of aliphatic hydroxyl groups excluding tert-OH is 1. The molecule has 0 amide bonds. The average molecular weight is 228 g/mol. The molecule has 0 saturated heterocycles. The Morgan fingerprint density at radius 3 is 2.75 bits per heavy atom. The van der Waals surface area contributed by atoms with Gasteiger partial charge in [-0.15, -0.1) is 0 Å². The van der Waals surface area contributed by atoms with Crippen LogP contribution < -0.4 is 4.74 Å². The number of methoxy groups -OCH3 is 1. The molecule has 1 rings (SSSR count). The molecule has 0 unspecified atom stereocenters. The summed E-state index contributed by atoms with van der Waals surface area (Å²) in [5.74, 6) is -1.25. The molecular formula is C11H13FO4. The van der Waals surface area contributed by atoms with Crippen LogP contribution in [0.15, 0.2) is 18.2 Å². The number of hydrogen-bond donors (Lipinski definition) is 1. The number of ether oxygens (including phenoxy) is 2. The van der Waals surface area contributed by atoms with Crippen molar-refractivity contribution >= 4 is 5.97 Å². The predicted octanol–water partition coefficient (Wildman–Crippen LogP) is 1.43. The molecule has 0 aliphatic carbocycles. The Balaban J connectivity index is 2.72. The minimum Gasteiger partial charge on any atom is -0.479 e. The largest absolute Gasteiger partial charge is 0.479 e. The maximum atomic E-state index is 13.4. The van der Waals surface area contributed by atoms with Crippen LogP contribution in [0, 0.1) is 5.82 Å². The molecule has 5 heteroatoms. The van der Waals surface area contributed by atoms with Gasteiger partial charge in [-0.1, -0.05) is 6.07 Å². The SMILES string of the molecule is COC(=O)COc1ccc([C@H](C)O)cc1F. The molecule has 1 N–H and O–H groups in total. The summed E-state index contributed by atoms with van der Waals surface area (Å²) in [5, 5.41) is 9.21.